The SMILES string of the molecule is CC(NC(=O)OC(C)(C)C)C(=O)Oc1c(F)cccc1OCCBr. The smallest absolute Gasteiger partial charge is 0.408 e. The van der Waals surface area contributed by atoms with E-state index in [1.165, 1.54) is 19.1 Å². The maximum atomic E-state index is 13.9. The highest BCUT2D eigenvalue weighted by molar-refractivity contribution is 9.09. The lowest BCUT2D eigenvalue weighted by molar-refractivity contribution is -0.136. The van der Waals surface area contributed by atoms with Crippen LogP contribution in [0, 0.1) is 5.82 Å². The molecule has 1 aromatic rings. The van der Waals surface area contributed by atoms with Gasteiger partial charge in [0.15, 0.2) is 11.6 Å². The Morgan fingerprint density at radius 3 is 2.58 bits per heavy atom. The molecule has 0 saturated carbocycles. The van der Waals surface area contributed by atoms with Crippen molar-refractivity contribution in [1.29, 1.82) is 0 Å². The lowest BCUT2D eigenvalue weighted by atomic mass is 10.2. The summed E-state index contributed by atoms with van der Waals surface area (Å²) in [5, 5.41) is 2.87. The van der Waals surface area contributed by atoms with Crippen molar-refractivity contribution in [3.8, 4) is 11.5 Å². The predicted octanol–water partition coefficient (Wildman–Crippen LogP) is 3.42. The fourth-order valence-corrected chi connectivity index (χ4v) is 1.74. The minimum Gasteiger partial charge on any atom is -0.489 e. The average molecular weight is 406 g/mol. The van der Waals surface area contributed by atoms with Gasteiger partial charge in [-0.1, -0.05) is 22.0 Å². The number of halogens is 2. The second kappa shape index (κ2) is 8.86. The fraction of sp³-hybridized carbons (Fsp3) is 0.500. The first-order chi connectivity index (χ1) is 11.1. The van der Waals surface area contributed by atoms with E-state index < -0.39 is 29.5 Å². The number of esters is 1. The molecule has 1 amide bonds. The normalized spacial score (nSPS) is 12.2. The van der Waals surface area contributed by atoms with Gasteiger partial charge in [-0.25, -0.2) is 14.0 Å². The summed E-state index contributed by atoms with van der Waals surface area (Å²) in [4.78, 5) is 23.7. The Labute approximate surface area is 148 Å². The van der Waals surface area contributed by atoms with Crippen molar-refractivity contribution in [1.82, 2.24) is 5.32 Å². The van der Waals surface area contributed by atoms with Crippen molar-refractivity contribution in [3.63, 3.8) is 0 Å². The molecule has 0 aliphatic rings. The topological polar surface area (TPSA) is 73.9 Å². The summed E-state index contributed by atoms with van der Waals surface area (Å²) in [6.07, 6.45) is -0.767. The number of benzene rings is 1. The van der Waals surface area contributed by atoms with E-state index >= 15 is 0 Å². The van der Waals surface area contributed by atoms with Crippen LogP contribution in [0.25, 0.3) is 0 Å². The molecule has 1 rings (SSSR count). The lowest BCUT2D eigenvalue weighted by Gasteiger charge is -2.21. The molecule has 0 spiro atoms. The molecule has 0 saturated heterocycles. The Kier molecular flexibility index (Phi) is 7.47. The van der Waals surface area contributed by atoms with Crippen molar-refractivity contribution >= 4 is 28.0 Å². The summed E-state index contributed by atoms with van der Waals surface area (Å²) in [5.41, 5.74) is -0.698. The summed E-state index contributed by atoms with van der Waals surface area (Å²) < 4.78 is 29.3. The quantitative estimate of drug-likeness (QED) is 0.445. The first-order valence-electron chi connectivity index (χ1n) is 7.32. The van der Waals surface area contributed by atoms with Crippen LogP contribution in [0.5, 0.6) is 11.5 Å². The van der Waals surface area contributed by atoms with E-state index in [0.717, 1.165) is 6.07 Å². The van der Waals surface area contributed by atoms with E-state index in [0.29, 0.717) is 5.33 Å². The Hall–Kier alpha value is -1.83. The molecule has 24 heavy (non-hydrogen) atoms. The molecule has 0 aliphatic heterocycles. The minimum absolute atomic E-state index is 0.104. The number of nitrogens with one attached hydrogen (secondary N) is 1. The largest absolute Gasteiger partial charge is 0.489 e. The first-order valence-corrected chi connectivity index (χ1v) is 8.44. The van der Waals surface area contributed by atoms with Gasteiger partial charge in [0.1, 0.15) is 11.6 Å². The van der Waals surface area contributed by atoms with Crippen molar-refractivity contribution in [2.45, 2.75) is 39.3 Å². The van der Waals surface area contributed by atoms with Crippen molar-refractivity contribution in [3.05, 3.63) is 24.0 Å². The molecule has 0 fully saturated rings. The Balaban J connectivity index is 2.75. The molecule has 134 valence electrons. The number of ether oxygens (including phenoxy) is 3. The minimum atomic E-state index is -1.02. The summed E-state index contributed by atoms with van der Waals surface area (Å²) in [5.74, 6) is -1.79. The lowest BCUT2D eigenvalue weighted by Crippen LogP contribution is -2.43. The number of alkyl halides is 1. The molecule has 0 bridgehead atoms. The number of carbonyl (C=O) groups is 2. The third-order valence-electron chi connectivity index (χ3n) is 2.56. The summed E-state index contributed by atoms with van der Waals surface area (Å²) in [6, 6.07) is 3.05. The molecule has 0 heterocycles. The van der Waals surface area contributed by atoms with Crippen LogP contribution in [0.4, 0.5) is 9.18 Å². The zero-order chi connectivity index (χ0) is 18.3. The fourth-order valence-electron chi connectivity index (χ4n) is 1.58. The van der Waals surface area contributed by atoms with Crippen molar-refractivity contribution < 1.29 is 28.2 Å². The Bertz CT molecular complexity index is 588. The molecule has 0 aliphatic carbocycles. The molecule has 1 N–H and O–H groups in total. The maximum absolute atomic E-state index is 13.9. The van der Waals surface area contributed by atoms with Crippen LogP contribution in [0.15, 0.2) is 18.2 Å². The molecule has 1 atom stereocenters. The van der Waals surface area contributed by atoms with Crippen LogP contribution in [-0.4, -0.2) is 35.6 Å². The third-order valence-corrected chi connectivity index (χ3v) is 2.88. The summed E-state index contributed by atoms with van der Waals surface area (Å²) in [6.45, 7) is 6.78. The average Bonchev–Trinajstić information content (AvgIpc) is 2.45. The van der Waals surface area contributed by atoms with Gasteiger partial charge in [0.25, 0.3) is 0 Å². The second-order valence-electron chi connectivity index (χ2n) is 5.89. The van der Waals surface area contributed by atoms with Crippen molar-refractivity contribution in [2.24, 2.45) is 0 Å². The van der Waals surface area contributed by atoms with Gasteiger partial charge in [-0.15, -0.1) is 0 Å². The van der Waals surface area contributed by atoms with Crippen LogP contribution < -0.4 is 14.8 Å². The number of hydrogen-bond donors (Lipinski definition) is 1. The Morgan fingerprint density at radius 2 is 2.00 bits per heavy atom. The van der Waals surface area contributed by atoms with E-state index in [2.05, 4.69) is 21.2 Å². The summed E-state index contributed by atoms with van der Waals surface area (Å²) in [7, 11) is 0. The zero-order valence-electron chi connectivity index (χ0n) is 14.0. The van der Waals surface area contributed by atoms with Crippen LogP contribution in [0.2, 0.25) is 0 Å². The number of rotatable bonds is 6. The van der Waals surface area contributed by atoms with Gasteiger partial charge in [-0.05, 0) is 39.8 Å². The van der Waals surface area contributed by atoms with Crippen LogP contribution >= 0.6 is 15.9 Å². The molecule has 1 aromatic carbocycles. The number of amides is 1. The van der Waals surface area contributed by atoms with Gasteiger partial charge in [0.2, 0.25) is 5.75 Å². The van der Waals surface area contributed by atoms with Crippen LogP contribution in [0.3, 0.4) is 0 Å². The van der Waals surface area contributed by atoms with E-state index in [9.17, 15) is 14.0 Å². The Morgan fingerprint density at radius 1 is 1.33 bits per heavy atom. The highest BCUT2D eigenvalue weighted by Crippen LogP contribution is 2.30. The number of alkyl carbamates (subject to hydrolysis) is 1. The van der Waals surface area contributed by atoms with E-state index in [4.69, 9.17) is 14.2 Å². The predicted molar refractivity (Wildman–Crippen MR) is 90.2 cm³/mol. The summed E-state index contributed by atoms with van der Waals surface area (Å²) >= 11 is 3.19. The van der Waals surface area contributed by atoms with Crippen LogP contribution in [-0.2, 0) is 9.53 Å². The third kappa shape index (κ3) is 6.74. The molecule has 1 unspecified atom stereocenters. The van der Waals surface area contributed by atoms with Gasteiger partial charge >= 0.3 is 12.1 Å². The number of hydrogen-bond acceptors (Lipinski definition) is 5. The van der Waals surface area contributed by atoms with Gasteiger partial charge in [0.05, 0.1) is 6.61 Å². The highest BCUT2D eigenvalue weighted by Gasteiger charge is 2.24. The van der Waals surface area contributed by atoms with Gasteiger partial charge in [-0.2, -0.15) is 0 Å². The van der Waals surface area contributed by atoms with Gasteiger partial charge in [-0.3, -0.25) is 0 Å². The van der Waals surface area contributed by atoms with Crippen molar-refractivity contribution in [2.75, 3.05) is 11.9 Å². The standard InChI is InChI=1S/C16H21BrFNO5/c1-10(19-15(21)24-16(2,3)4)14(20)23-13-11(18)6-5-7-12(13)22-9-8-17/h5-7,10H,8-9H2,1-4H3,(H,19,21). The molecule has 8 heteroatoms. The molecular formula is C16H21BrFNO5. The highest BCUT2D eigenvalue weighted by atomic mass is 79.9. The molecule has 6 nitrogen and oxygen atoms in total. The molecular weight excluding hydrogens is 385 g/mol. The van der Waals surface area contributed by atoms with Crippen LogP contribution in [0.1, 0.15) is 27.7 Å². The maximum Gasteiger partial charge on any atom is 0.408 e. The second-order valence-corrected chi connectivity index (χ2v) is 6.69. The van der Waals surface area contributed by atoms with E-state index in [1.807, 2.05) is 0 Å². The van der Waals surface area contributed by atoms with E-state index in [1.54, 1.807) is 20.8 Å². The number of para-hydroxylation sites is 1. The first kappa shape index (κ1) is 20.2. The van der Waals surface area contributed by atoms with Gasteiger partial charge in [0, 0.05) is 5.33 Å². The molecule has 0 aromatic heterocycles. The molecule has 0 radical (unpaired) electrons. The van der Waals surface area contributed by atoms with E-state index in [-0.39, 0.29) is 18.1 Å². The monoisotopic (exact) mass is 405 g/mol. The van der Waals surface area contributed by atoms with Gasteiger partial charge < -0.3 is 19.5 Å². The number of carbonyl (C=O) groups excluding carboxylic acids is 2. The zero-order valence-corrected chi connectivity index (χ0v) is 15.6.